The first-order valence-corrected chi connectivity index (χ1v) is 11.3. The van der Waals surface area contributed by atoms with E-state index in [0.29, 0.717) is 22.4 Å². The van der Waals surface area contributed by atoms with Gasteiger partial charge in [0.2, 0.25) is 0 Å². The second-order valence-electron chi connectivity index (χ2n) is 10.4. The Morgan fingerprint density at radius 2 is 1.85 bits per heavy atom. The lowest BCUT2D eigenvalue weighted by Gasteiger charge is -2.41. The summed E-state index contributed by atoms with van der Waals surface area (Å²) in [6, 6.07) is 4.74. The zero-order valence-corrected chi connectivity index (χ0v) is 20.7. The van der Waals surface area contributed by atoms with Crippen LogP contribution in [0.2, 0.25) is 0 Å². The molecule has 7 heteroatoms. The van der Waals surface area contributed by atoms with Gasteiger partial charge in [-0.25, -0.2) is 9.18 Å². The normalized spacial score (nSPS) is 17.0. The van der Waals surface area contributed by atoms with E-state index >= 15 is 0 Å². The molecule has 1 atom stereocenters. The summed E-state index contributed by atoms with van der Waals surface area (Å²) in [6.45, 7) is 13.2. The summed E-state index contributed by atoms with van der Waals surface area (Å²) in [5.74, 6) is -1.46. The highest BCUT2D eigenvalue weighted by molar-refractivity contribution is 5.88. The van der Waals surface area contributed by atoms with Crippen molar-refractivity contribution in [3.8, 4) is 16.9 Å². The molecule has 1 saturated heterocycles. The maximum Gasteiger partial charge on any atom is 0.337 e. The molecule has 1 N–H and O–H groups in total. The van der Waals surface area contributed by atoms with E-state index in [1.54, 1.807) is 25.3 Å². The predicted octanol–water partition coefficient (Wildman–Crippen LogP) is 5.77. The number of benzene rings is 1. The van der Waals surface area contributed by atoms with E-state index in [-0.39, 0.29) is 11.2 Å². The number of rotatable bonds is 6. The lowest BCUT2D eigenvalue weighted by atomic mass is 9.82. The maximum atomic E-state index is 14.6. The predicted molar refractivity (Wildman–Crippen MR) is 127 cm³/mol. The Morgan fingerprint density at radius 3 is 2.39 bits per heavy atom. The number of aromatic nitrogens is 1. The molecule has 0 aliphatic carbocycles. The molecule has 1 aromatic heterocycles. The van der Waals surface area contributed by atoms with Gasteiger partial charge in [0, 0.05) is 41.7 Å². The fraction of sp³-hybridized carbons (Fsp3) is 0.538. The van der Waals surface area contributed by atoms with Gasteiger partial charge in [-0.2, -0.15) is 0 Å². The number of para-hydroxylation sites is 1. The Balaban J connectivity index is 2.30. The molecule has 0 saturated carbocycles. The number of anilines is 1. The molecule has 1 aliphatic heterocycles. The minimum atomic E-state index is -1.22. The summed E-state index contributed by atoms with van der Waals surface area (Å²) >= 11 is 0. The lowest BCUT2D eigenvalue weighted by Crippen LogP contribution is -2.39. The van der Waals surface area contributed by atoms with E-state index in [9.17, 15) is 14.3 Å². The number of aliphatic carboxylic acids is 1. The molecule has 3 rings (SSSR count). The molecule has 0 amide bonds. The Kier molecular flexibility index (Phi) is 7.03. The summed E-state index contributed by atoms with van der Waals surface area (Å²) in [5.41, 5.74) is 2.47. The zero-order chi connectivity index (χ0) is 24.6. The van der Waals surface area contributed by atoms with Crippen LogP contribution in [0.3, 0.4) is 0 Å². The quantitative estimate of drug-likeness (QED) is 0.592. The number of piperidine rings is 1. The highest BCUT2D eigenvalue weighted by Gasteiger charge is 2.36. The van der Waals surface area contributed by atoms with Gasteiger partial charge in [0.05, 0.1) is 18.4 Å². The van der Waals surface area contributed by atoms with E-state index in [4.69, 9.17) is 9.47 Å². The number of carboxylic acids is 1. The van der Waals surface area contributed by atoms with E-state index in [1.165, 1.54) is 13.2 Å². The molecule has 0 radical (unpaired) electrons. The van der Waals surface area contributed by atoms with Crippen LogP contribution in [0, 0.1) is 18.2 Å². The van der Waals surface area contributed by atoms with Crippen LogP contribution in [0.4, 0.5) is 10.1 Å². The number of nitrogens with zero attached hydrogens (tertiary/aromatic N) is 2. The standard InChI is InChI=1S/C26H35FN2O4/c1-16-20(23(24(30)31)33-25(2,3)4)21(29-13-11-26(5,6)12-14-29)18(15-28-16)17-9-8-10-19(27)22(17)32-7/h8-10,15,23H,11-14H2,1-7H3,(H,30,31). The first-order chi connectivity index (χ1) is 15.3. The van der Waals surface area contributed by atoms with Gasteiger partial charge < -0.3 is 19.5 Å². The average molecular weight is 459 g/mol. The van der Waals surface area contributed by atoms with Crippen LogP contribution in [-0.4, -0.2) is 41.9 Å². The van der Waals surface area contributed by atoms with Gasteiger partial charge in [-0.15, -0.1) is 0 Å². The van der Waals surface area contributed by atoms with Crippen molar-refractivity contribution in [3.63, 3.8) is 0 Å². The highest BCUT2D eigenvalue weighted by atomic mass is 19.1. The van der Waals surface area contributed by atoms with E-state index in [2.05, 4.69) is 23.7 Å². The summed E-state index contributed by atoms with van der Waals surface area (Å²) in [5, 5.41) is 10.2. The monoisotopic (exact) mass is 458 g/mol. The number of pyridine rings is 1. The fourth-order valence-corrected chi connectivity index (χ4v) is 4.31. The van der Waals surface area contributed by atoms with Gasteiger partial charge in [-0.05, 0) is 52.0 Å². The molecule has 6 nitrogen and oxygen atoms in total. The van der Waals surface area contributed by atoms with E-state index in [1.807, 2.05) is 20.8 Å². The number of carbonyl (C=O) groups is 1. The molecule has 1 fully saturated rings. The number of hydrogen-bond donors (Lipinski definition) is 1. The summed E-state index contributed by atoms with van der Waals surface area (Å²) in [7, 11) is 1.43. The molecule has 1 aliphatic rings. The topological polar surface area (TPSA) is 71.9 Å². The van der Waals surface area contributed by atoms with Gasteiger partial charge >= 0.3 is 5.97 Å². The second-order valence-corrected chi connectivity index (χ2v) is 10.4. The lowest BCUT2D eigenvalue weighted by molar-refractivity contribution is -0.160. The fourth-order valence-electron chi connectivity index (χ4n) is 4.31. The Labute approximate surface area is 195 Å². The first-order valence-electron chi connectivity index (χ1n) is 11.3. The van der Waals surface area contributed by atoms with Gasteiger partial charge in [-0.1, -0.05) is 26.0 Å². The third-order valence-corrected chi connectivity index (χ3v) is 6.14. The third-order valence-electron chi connectivity index (χ3n) is 6.14. The Morgan fingerprint density at radius 1 is 1.21 bits per heavy atom. The van der Waals surface area contributed by atoms with Crippen LogP contribution in [0.1, 0.15) is 64.8 Å². The van der Waals surface area contributed by atoms with Crippen molar-refractivity contribution in [2.24, 2.45) is 5.41 Å². The number of halogens is 1. The molecule has 2 heterocycles. The van der Waals surface area contributed by atoms with Crippen LogP contribution in [0.25, 0.3) is 11.1 Å². The van der Waals surface area contributed by atoms with Crippen molar-refractivity contribution in [3.05, 3.63) is 41.5 Å². The number of ether oxygens (including phenoxy) is 2. The van der Waals surface area contributed by atoms with Crippen molar-refractivity contribution >= 4 is 11.7 Å². The Bertz CT molecular complexity index is 1020. The summed E-state index contributed by atoms with van der Waals surface area (Å²) in [4.78, 5) is 19.2. The van der Waals surface area contributed by atoms with E-state index in [0.717, 1.165) is 31.6 Å². The number of hydrogen-bond acceptors (Lipinski definition) is 5. The number of aryl methyl sites for hydroxylation is 1. The van der Waals surface area contributed by atoms with Crippen LogP contribution in [0.15, 0.2) is 24.4 Å². The second kappa shape index (κ2) is 9.29. The van der Waals surface area contributed by atoms with Crippen LogP contribution in [0.5, 0.6) is 5.75 Å². The summed E-state index contributed by atoms with van der Waals surface area (Å²) < 4.78 is 26.1. The molecule has 0 spiro atoms. The number of methoxy groups -OCH3 is 1. The molecule has 180 valence electrons. The highest BCUT2D eigenvalue weighted by Crippen LogP contribution is 2.45. The molecule has 2 aromatic rings. The van der Waals surface area contributed by atoms with Crippen molar-refractivity contribution in [2.45, 2.75) is 66.1 Å². The van der Waals surface area contributed by atoms with Crippen LogP contribution < -0.4 is 9.64 Å². The van der Waals surface area contributed by atoms with Crippen LogP contribution >= 0.6 is 0 Å². The molecule has 0 bridgehead atoms. The van der Waals surface area contributed by atoms with Crippen molar-refractivity contribution in [1.29, 1.82) is 0 Å². The Hall–Kier alpha value is -2.67. The van der Waals surface area contributed by atoms with Crippen molar-refractivity contribution < 1.29 is 23.8 Å². The summed E-state index contributed by atoms with van der Waals surface area (Å²) in [6.07, 6.45) is 2.36. The molecular formula is C26H35FN2O4. The van der Waals surface area contributed by atoms with Crippen LogP contribution in [-0.2, 0) is 9.53 Å². The van der Waals surface area contributed by atoms with Crippen molar-refractivity contribution in [1.82, 2.24) is 4.98 Å². The first kappa shape index (κ1) is 25.0. The third kappa shape index (κ3) is 5.46. The van der Waals surface area contributed by atoms with Gasteiger partial charge in [0.25, 0.3) is 0 Å². The number of carboxylic acid groups (broad SMARTS) is 1. The molecule has 1 aromatic carbocycles. The van der Waals surface area contributed by atoms with Gasteiger partial charge in [0.1, 0.15) is 0 Å². The van der Waals surface area contributed by atoms with Crippen molar-refractivity contribution in [2.75, 3.05) is 25.1 Å². The van der Waals surface area contributed by atoms with Gasteiger partial charge in [-0.3, -0.25) is 4.98 Å². The maximum absolute atomic E-state index is 14.6. The SMILES string of the molecule is COc1c(F)cccc1-c1cnc(C)c(C(OC(C)(C)C)C(=O)O)c1N1CCC(C)(C)CC1. The minimum absolute atomic E-state index is 0.108. The molecule has 33 heavy (non-hydrogen) atoms. The zero-order valence-electron chi connectivity index (χ0n) is 20.7. The largest absolute Gasteiger partial charge is 0.493 e. The smallest absolute Gasteiger partial charge is 0.337 e. The van der Waals surface area contributed by atoms with E-state index < -0.39 is 23.5 Å². The molecule has 1 unspecified atom stereocenters. The molecular weight excluding hydrogens is 423 g/mol. The van der Waals surface area contributed by atoms with Gasteiger partial charge in [0.15, 0.2) is 17.7 Å². The minimum Gasteiger partial charge on any atom is -0.493 e. The average Bonchev–Trinajstić information content (AvgIpc) is 2.71.